The SMILES string of the molecule is CCc1ccc(CC2(O)CCC(C(F)(F)F)CC2)cc1. The van der Waals surface area contributed by atoms with Crippen LogP contribution in [0, 0.1) is 5.92 Å². The van der Waals surface area contributed by atoms with Gasteiger partial charge in [-0.1, -0.05) is 31.2 Å². The molecule has 0 amide bonds. The molecule has 1 nitrogen and oxygen atoms in total. The fourth-order valence-electron chi connectivity index (χ4n) is 2.93. The first-order valence-corrected chi connectivity index (χ1v) is 7.19. The van der Waals surface area contributed by atoms with Gasteiger partial charge < -0.3 is 5.11 Å². The van der Waals surface area contributed by atoms with Crippen molar-refractivity contribution in [3.8, 4) is 0 Å². The lowest BCUT2D eigenvalue weighted by Crippen LogP contribution is -2.39. The molecule has 1 aromatic rings. The van der Waals surface area contributed by atoms with E-state index in [1.165, 1.54) is 5.56 Å². The first-order chi connectivity index (χ1) is 9.32. The van der Waals surface area contributed by atoms with Crippen molar-refractivity contribution in [1.29, 1.82) is 0 Å². The molecule has 1 aliphatic rings. The number of rotatable bonds is 3. The van der Waals surface area contributed by atoms with Crippen molar-refractivity contribution >= 4 is 0 Å². The molecule has 1 aromatic carbocycles. The molecule has 1 N–H and O–H groups in total. The van der Waals surface area contributed by atoms with Gasteiger partial charge in [0.1, 0.15) is 0 Å². The van der Waals surface area contributed by atoms with E-state index in [4.69, 9.17) is 0 Å². The van der Waals surface area contributed by atoms with Crippen molar-refractivity contribution < 1.29 is 18.3 Å². The summed E-state index contributed by atoms with van der Waals surface area (Å²) < 4.78 is 37.9. The van der Waals surface area contributed by atoms with E-state index in [2.05, 4.69) is 6.92 Å². The summed E-state index contributed by atoms with van der Waals surface area (Å²) in [4.78, 5) is 0. The van der Waals surface area contributed by atoms with Crippen LogP contribution < -0.4 is 0 Å². The highest BCUT2D eigenvalue weighted by molar-refractivity contribution is 5.24. The van der Waals surface area contributed by atoms with Gasteiger partial charge in [-0.2, -0.15) is 13.2 Å². The van der Waals surface area contributed by atoms with Gasteiger partial charge in [-0.15, -0.1) is 0 Å². The largest absolute Gasteiger partial charge is 0.391 e. The van der Waals surface area contributed by atoms with Crippen LogP contribution in [0.2, 0.25) is 0 Å². The van der Waals surface area contributed by atoms with Crippen LogP contribution in [0.3, 0.4) is 0 Å². The van der Waals surface area contributed by atoms with Crippen molar-refractivity contribution in [3.63, 3.8) is 0 Å². The average molecular weight is 286 g/mol. The summed E-state index contributed by atoms with van der Waals surface area (Å²) in [5, 5.41) is 10.5. The van der Waals surface area contributed by atoms with Crippen molar-refractivity contribution in [2.75, 3.05) is 0 Å². The minimum atomic E-state index is -4.12. The number of benzene rings is 1. The Labute approximate surface area is 117 Å². The highest BCUT2D eigenvalue weighted by atomic mass is 19.4. The van der Waals surface area contributed by atoms with Gasteiger partial charge in [0.05, 0.1) is 11.5 Å². The Hall–Kier alpha value is -1.03. The molecule has 0 heterocycles. The Morgan fingerprint density at radius 1 is 1.10 bits per heavy atom. The van der Waals surface area contributed by atoms with E-state index in [0.29, 0.717) is 6.42 Å². The lowest BCUT2D eigenvalue weighted by molar-refractivity contribution is -0.192. The summed E-state index contributed by atoms with van der Waals surface area (Å²) in [5.41, 5.74) is 1.24. The molecule has 0 bridgehead atoms. The third-order valence-electron chi connectivity index (χ3n) is 4.34. The normalized spacial score (nSPS) is 27.6. The summed E-state index contributed by atoms with van der Waals surface area (Å²) in [6.07, 6.45) is -2.19. The minimum Gasteiger partial charge on any atom is -0.390 e. The van der Waals surface area contributed by atoms with Crippen molar-refractivity contribution in [1.82, 2.24) is 0 Å². The maximum Gasteiger partial charge on any atom is 0.391 e. The lowest BCUT2D eigenvalue weighted by Gasteiger charge is -2.36. The van der Waals surface area contributed by atoms with Gasteiger partial charge in [-0.05, 0) is 43.2 Å². The quantitative estimate of drug-likeness (QED) is 0.879. The summed E-state index contributed by atoms with van der Waals surface area (Å²) >= 11 is 0. The molecule has 0 aromatic heterocycles. The topological polar surface area (TPSA) is 20.2 Å². The number of alkyl halides is 3. The predicted octanol–water partition coefficient (Wildman–Crippen LogP) is 4.28. The molecule has 4 heteroatoms. The van der Waals surface area contributed by atoms with Crippen LogP contribution >= 0.6 is 0 Å². The standard InChI is InChI=1S/C16H21F3O/c1-2-12-3-5-13(6-4-12)11-15(20)9-7-14(8-10-15)16(17,18)19/h3-6,14,20H,2,7-11H2,1H3. The summed E-state index contributed by atoms with van der Waals surface area (Å²) in [5.74, 6) is -1.25. The molecule has 0 spiro atoms. The van der Waals surface area contributed by atoms with Crippen LogP contribution in [0.1, 0.15) is 43.7 Å². The molecule has 1 aliphatic carbocycles. The van der Waals surface area contributed by atoms with E-state index in [1.807, 2.05) is 24.3 Å². The van der Waals surface area contributed by atoms with E-state index in [0.717, 1.165) is 12.0 Å². The molecule has 112 valence electrons. The Bertz CT molecular complexity index is 428. The highest BCUT2D eigenvalue weighted by Gasteiger charge is 2.45. The Morgan fingerprint density at radius 3 is 2.05 bits per heavy atom. The zero-order valence-electron chi connectivity index (χ0n) is 11.7. The van der Waals surface area contributed by atoms with E-state index >= 15 is 0 Å². The van der Waals surface area contributed by atoms with Gasteiger partial charge >= 0.3 is 6.18 Å². The van der Waals surface area contributed by atoms with Crippen LogP contribution in [0.5, 0.6) is 0 Å². The van der Waals surface area contributed by atoms with E-state index in [-0.39, 0.29) is 25.7 Å². The maximum absolute atomic E-state index is 12.6. The molecule has 1 saturated carbocycles. The van der Waals surface area contributed by atoms with Crippen LogP contribution in [0.25, 0.3) is 0 Å². The average Bonchev–Trinajstić information content (AvgIpc) is 2.38. The number of halogens is 3. The molecule has 0 radical (unpaired) electrons. The van der Waals surface area contributed by atoms with Gasteiger partial charge in [0, 0.05) is 6.42 Å². The molecule has 0 unspecified atom stereocenters. The van der Waals surface area contributed by atoms with Crippen molar-refractivity contribution in [3.05, 3.63) is 35.4 Å². The molecule has 20 heavy (non-hydrogen) atoms. The zero-order chi connectivity index (χ0) is 14.8. The monoisotopic (exact) mass is 286 g/mol. The Morgan fingerprint density at radius 2 is 1.60 bits per heavy atom. The smallest absolute Gasteiger partial charge is 0.390 e. The molecule has 2 rings (SSSR count). The van der Waals surface area contributed by atoms with Crippen molar-refractivity contribution in [2.45, 2.75) is 57.2 Å². The molecule has 1 fully saturated rings. The second-order valence-corrected chi connectivity index (χ2v) is 5.89. The van der Waals surface area contributed by atoms with Gasteiger partial charge in [0.15, 0.2) is 0 Å². The minimum absolute atomic E-state index is 0.0348. The molecular weight excluding hydrogens is 265 g/mol. The summed E-state index contributed by atoms with van der Waals surface area (Å²) in [6.45, 7) is 2.07. The number of aryl methyl sites for hydroxylation is 1. The van der Waals surface area contributed by atoms with Crippen LogP contribution in [0.4, 0.5) is 13.2 Å². The fourth-order valence-corrected chi connectivity index (χ4v) is 2.93. The first kappa shape index (κ1) is 15.4. The summed E-state index contributed by atoms with van der Waals surface area (Å²) in [7, 11) is 0. The lowest BCUT2D eigenvalue weighted by atomic mass is 9.75. The second kappa shape index (κ2) is 5.76. The van der Waals surface area contributed by atoms with Crippen molar-refractivity contribution in [2.24, 2.45) is 5.92 Å². The molecular formula is C16H21F3O. The van der Waals surface area contributed by atoms with Crippen LogP contribution in [-0.2, 0) is 12.8 Å². The van der Waals surface area contributed by atoms with Gasteiger partial charge in [0.25, 0.3) is 0 Å². The van der Waals surface area contributed by atoms with Gasteiger partial charge in [0.2, 0.25) is 0 Å². The maximum atomic E-state index is 12.6. The molecule has 0 atom stereocenters. The third kappa shape index (κ3) is 3.75. The number of hydrogen-bond donors (Lipinski definition) is 1. The van der Waals surface area contributed by atoms with E-state index in [9.17, 15) is 18.3 Å². The molecule has 0 aliphatic heterocycles. The molecule has 0 saturated heterocycles. The Kier molecular flexibility index (Phi) is 4.43. The Balaban J connectivity index is 1.96. The number of aliphatic hydroxyl groups is 1. The third-order valence-corrected chi connectivity index (χ3v) is 4.34. The van der Waals surface area contributed by atoms with Crippen LogP contribution in [-0.4, -0.2) is 16.9 Å². The van der Waals surface area contributed by atoms with E-state index < -0.39 is 17.7 Å². The first-order valence-electron chi connectivity index (χ1n) is 7.19. The zero-order valence-corrected chi connectivity index (χ0v) is 11.7. The summed E-state index contributed by atoms with van der Waals surface area (Å²) in [6, 6.07) is 7.96. The van der Waals surface area contributed by atoms with Gasteiger partial charge in [-0.3, -0.25) is 0 Å². The fraction of sp³-hybridized carbons (Fsp3) is 0.625. The van der Waals surface area contributed by atoms with Gasteiger partial charge in [-0.25, -0.2) is 0 Å². The highest BCUT2D eigenvalue weighted by Crippen LogP contribution is 2.42. The second-order valence-electron chi connectivity index (χ2n) is 5.89. The van der Waals surface area contributed by atoms with Crippen LogP contribution in [0.15, 0.2) is 24.3 Å². The number of hydrogen-bond acceptors (Lipinski definition) is 1. The van der Waals surface area contributed by atoms with E-state index in [1.54, 1.807) is 0 Å². The predicted molar refractivity (Wildman–Crippen MR) is 72.5 cm³/mol.